The Hall–Kier alpha value is -4.01. The van der Waals surface area contributed by atoms with Crippen LogP contribution in [0.3, 0.4) is 0 Å². The highest BCUT2D eigenvalue weighted by Gasteiger charge is 2.23. The summed E-state index contributed by atoms with van der Waals surface area (Å²) in [6.45, 7) is 2.39. The maximum atomic E-state index is 12.7. The van der Waals surface area contributed by atoms with Crippen molar-refractivity contribution < 1.29 is 23.8 Å². The molecule has 1 fully saturated rings. The standard InChI is InChI=1S/C25H28N4O5/c1-32-20-14-18(15-21(33-2)24(20)34-3)25(31)26-16-23(30)29-12-10-28(11-13-29)22-9-8-17-6-4-5-7-19(17)27-22/h4-9,14-15H,10-13,16H2,1-3H3,(H,26,31). The summed E-state index contributed by atoms with van der Waals surface area (Å²) >= 11 is 0. The average Bonchev–Trinajstić information content (AvgIpc) is 2.90. The normalized spacial score (nSPS) is 13.5. The maximum Gasteiger partial charge on any atom is 0.251 e. The van der Waals surface area contributed by atoms with Gasteiger partial charge in [0, 0.05) is 37.1 Å². The van der Waals surface area contributed by atoms with E-state index in [0.29, 0.717) is 49.0 Å². The number of hydrogen-bond acceptors (Lipinski definition) is 7. The number of carbonyl (C=O) groups is 2. The minimum atomic E-state index is -0.397. The number of carbonyl (C=O) groups excluding carboxylic acids is 2. The lowest BCUT2D eigenvalue weighted by molar-refractivity contribution is -0.130. The first-order valence-electron chi connectivity index (χ1n) is 11.0. The lowest BCUT2D eigenvalue weighted by atomic mass is 10.1. The molecule has 1 N–H and O–H groups in total. The van der Waals surface area contributed by atoms with Crippen molar-refractivity contribution in [2.45, 2.75) is 0 Å². The zero-order valence-corrected chi connectivity index (χ0v) is 19.5. The van der Waals surface area contributed by atoms with Gasteiger partial charge in [-0.05, 0) is 30.3 Å². The molecule has 0 spiro atoms. The molecule has 0 unspecified atom stereocenters. The second-order valence-corrected chi connectivity index (χ2v) is 7.83. The SMILES string of the molecule is COc1cc(C(=O)NCC(=O)N2CCN(c3ccc4ccccc4n3)CC2)cc(OC)c1OC. The maximum absolute atomic E-state index is 12.7. The summed E-state index contributed by atoms with van der Waals surface area (Å²) in [6.07, 6.45) is 0. The van der Waals surface area contributed by atoms with Crippen molar-refractivity contribution in [1.82, 2.24) is 15.2 Å². The van der Waals surface area contributed by atoms with Gasteiger partial charge in [-0.15, -0.1) is 0 Å². The zero-order valence-electron chi connectivity index (χ0n) is 19.5. The highest BCUT2D eigenvalue weighted by Crippen LogP contribution is 2.38. The van der Waals surface area contributed by atoms with Crippen molar-refractivity contribution in [3.8, 4) is 17.2 Å². The van der Waals surface area contributed by atoms with Crippen LogP contribution in [0, 0.1) is 0 Å². The Kier molecular flexibility index (Phi) is 7.01. The van der Waals surface area contributed by atoms with Gasteiger partial charge in [-0.2, -0.15) is 0 Å². The van der Waals surface area contributed by atoms with Crippen LogP contribution in [-0.2, 0) is 4.79 Å². The average molecular weight is 465 g/mol. The Balaban J connectivity index is 1.33. The first-order valence-corrected chi connectivity index (χ1v) is 11.0. The van der Waals surface area contributed by atoms with Crippen LogP contribution < -0.4 is 24.4 Å². The number of ether oxygens (including phenoxy) is 3. The molecule has 34 heavy (non-hydrogen) atoms. The molecule has 1 saturated heterocycles. The van der Waals surface area contributed by atoms with E-state index < -0.39 is 5.91 Å². The second-order valence-electron chi connectivity index (χ2n) is 7.83. The van der Waals surface area contributed by atoms with Crippen LogP contribution in [0.4, 0.5) is 5.82 Å². The fourth-order valence-electron chi connectivity index (χ4n) is 4.00. The molecular weight excluding hydrogens is 436 g/mol. The van der Waals surface area contributed by atoms with Crippen LogP contribution in [-0.4, -0.2) is 75.8 Å². The molecule has 0 aliphatic carbocycles. The van der Waals surface area contributed by atoms with Gasteiger partial charge in [0.2, 0.25) is 11.7 Å². The number of methoxy groups -OCH3 is 3. The molecule has 9 heteroatoms. The lowest BCUT2D eigenvalue weighted by Gasteiger charge is -2.35. The molecule has 4 rings (SSSR count). The summed E-state index contributed by atoms with van der Waals surface area (Å²) < 4.78 is 15.9. The van der Waals surface area contributed by atoms with Crippen LogP contribution in [0.15, 0.2) is 48.5 Å². The molecule has 3 aromatic rings. The molecule has 2 heterocycles. The van der Waals surface area contributed by atoms with E-state index >= 15 is 0 Å². The van der Waals surface area contributed by atoms with Crippen molar-refractivity contribution in [2.24, 2.45) is 0 Å². The topological polar surface area (TPSA) is 93.2 Å². The van der Waals surface area contributed by atoms with Crippen molar-refractivity contribution in [2.75, 3.05) is 59.0 Å². The van der Waals surface area contributed by atoms with Gasteiger partial charge in [0.25, 0.3) is 5.91 Å². The third-order valence-corrected chi connectivity index (χ3v) is 5.87. The van der Waals surface area contributed by atoms with Crippen LogP contribution >= 0.6 is 0 Å². The van der Waals surface area contributed by atoms with E-state index in [1.165, 1.54) is 21.3 Å². The van der Waals surface area contributed by atoms with Crippen LogP contribution in [0.5, 0.6) is 17.2 Å². The highest BCUT2D eigenvalue weighted by molar-refractivity contribution is 5.97. The van der Waals surface area contributed by atoms with Gasteiger partial charge >= 0.3 is 0 Å². The number of pyridine rings is 1. The van der Waals surface area contributed by atoms with Crippen molar-refractivity contribution in [3.05, 3.63) is 54.1 Å². The summed E-state index contributed by atoms with van der Waals surface area (Å²) in [4.78, 5) is 34.0. The van der Waals surface area contributed by atoms with E-state index in [1.54, 1.807) is 17.0 Å². The third-order valence-electron chi connectivity index (χ3n) is 5.87. The smallest absolute Gasteiger partial charge is 0.251 e. The van der Waals surface area contributed by atoms with E-state index in [2.05, 4.69) is 16.3 Å². The number of piperazine rings is 1. The molecule has 0 atom stereocenters. The molecule has 2 aromatic carbocycles. The van der Waals surface area contributed by atoms with Crippen LogP contribution in [0.1, 0.15) is 10.4 Å². The van der Waals surface area contributed by atoms with Gasteiger partial charge < -0.3 is 29.3 Å². The quantitative estimate of drug-likeness (QED) is 0.574. The molecule has 9 nitrogen and oxygen atoms in total. The number of nitrogens with one attached hydrogen (secondary N) is 1. The number of nitrogens with zero attached hydrogens (tertiary/aromatic N) is 3. The van der Waals surface area contributed by atoms with Gasteiger partial charge in [0.05, 0.1) is 33.4 Å². The minimum Gasteiger partial charge on any atom is -0.493 e. The number of anilines is 1. The van der Waals surface area contributed by atoms with Gasteiger partial charge in [0.15, 0.2) is 11.5 Å². The molecule has 1 aliphatic heterocycles. The molecule has 2 amide bonds. The highest BCUT2D eigenvalue weighted by atomic mass is 16.5. The Labute approximate surface area is 198 Å². The third kappa shape index (κ3) is 4.83. The number of benzene rings is 2. The fourth-order valence-corrected chi connectivity index (χ4v) is 4.00. The Bertz CT molecular complexity index is 1170. The summed E-state index contributed by atoms with van der Waals surface area (Å²) in [5.74, 6) is 1.52. The first kappa shape index (κ1) is 23.2. The zero-order chi connectivity index (χ0) is 24.1. The van der Waals surface area contributed by atoms with Crippen molar-refractivity contribution >= 4 is 28.5 Å². The molecule has 1 aromatic heterocycles. The van der Waals surface area contributed by atoms with Crippen LogP contribution in [0.25, 0.3) is 10.9 Å². The van der Waals surface area contributed by atoms with Gasteiger partial charge in [0.1, 0.15) is 5.82 Å². The lowest BCUT2D eigenvalue weighted by Crippen LogP contribution is -2.51. The fraction of sp³-hybridized carbons (Fsp3) is 0.320. The van der Waals surface area contributed by atoms with E-state index in [9.17, 15) is 9.59 Å². The summed E-state index contributed by atoms with van der Waals surface area (Å²) in [5.41, 5.74) is 1.27. The number of para-hydroxylation sites is 1. The number of amides is 2. The summed E-state index contributed by atoms with van der Waals surface area (Å²) in [6, 6.07) is 15.2. The molecule has 0 bridgehead atoms. The summed E-state index contributed by atoms with van der Waals surface area (Å²) in [7, 11) is 4.46. The Morgan fingerprint density at radius 3 is 2.24 bits per heavy atom. The number of hydrogen-bond donors (Lipinski definition) is 1. The monoisotopic (exact) mass is 464 g/mol. The number of fused-ring (bicyclic) bond motifs is 1. The molecular formula is C25H28N4O5. The molecule has 0 radical (unpaired) electrons. The number of rotatable bonds is 7. The van der Waals surface area contributed by atoms with Crippen molar-refractivity contribution in [3.63, 3.8) is 0 Å². The van der Waals surface area contributed by atoms with E-state index in [1.807, 2.05) is 30.3 Å². The Morgan fingerprint density at radius 2 is 1.59 bits per heavy atom. The number of aromatic nitrogens is 1. The Morgan fingerprint density at radius 1 is 0.912 bits per heavy atom. The van der Waals surface area contributed by atoms with E-state index in [0.717, 1.165) is 16.7 Å². The molecule has 178 valence electrons. The van der Waals surface area contributed by atoms with Gasteiger partial charge in [-0.1, -0.05) is 18.2 Å². The van der Waals surface area contributed by atoms with Gasteiger partial charge in [-0.25, -0.2) is 4.98 Å². The van der Waals surface area contributed by atoms with Crippen LogP contribution in [0.2, 0.25) is 0 Å². The van der Waals surface area contributed by atoms with E-state index in [4.69, 9.17) is 19.2 Å². The van der Waals surface area contributed by atoms with E-state index in [-0.39, 0.29) is 12.5 Å². The van der Waals surface area contributed by atoms with Gasteiger partial charge in [-0.3, -0.25) is 9.59 Å². The minimum absolute atomic E-state index is 0.0935. The second kappa shape index (κ2) is 10.3. The molecule has 0 saturated carbocycles. The predicted octanol–water partition coefficient (Wildman–Crippen LogP) is 2.34. The van der Waals surface area contributed by atoms with Crippen molar-refractivity contribution in [1.29, 1.82) is 0 Å². The predicted molar refractivity (Wildman–Crippen MR) is 129 cm³/mol. The first-order chi connectivity index (χ1) is 16.5. The summed E-state index contributed by atoms with van der Waals surface area (Å²) in [5, 5.41) is 3.79. The molecule has 1 aliphatic rings. The largest absolute Gasteiger partial charge is 0.493 e.